The van der Waals surface area contributed by atoms with E-state index >= 15 is 0 Å². The summed E-state index contributed by atoms with van der Waals surface area (Å²) < 4.78 is 17.1. The number of hydrogen-bond donors (Lipinski definition) is 1. The van der Waals surface area contributed by atoms with Gasteiger partial charge >= 0.3 is 0 Å². The van der Waals surface area contributed by atoms with Crippen molar-refractivity contribution < 1.29 is 14.2 Å². The molecule has 1 N–H and O–H groups in total. The first-order valence-electron chi connectivity index (χ1n) is 9.61. The molecule has 2 aromatic rings. The summed E-state index contributed by atoms with van der Waals surface area (Å²) in [6.45, 7) is 3.17. The fourth-order valence-electron chi connectivity index (χ4n) is 4.72. The third-order valence-corrected chi connectivity index (χ3v) is 6.14. The van der Waals surface area contributed by atoms with Crippen LogP contribution >= 0.6 is 0 Å². The van der Waals surface area contributed by atoms with E-state index in [9.17, 15) is 0 Å². The van der Waals surface area contributed by atoms with Gasteiger partial charge in [0.1, 0.15) is 5.75 Å². The number of fused-ring (bicyclic) bond motifs is 3. The van der Waals surface area contributed by atoms with Gasteiger partial charge in [0.25, 0.3) is 0 Å². The molecule has 3 aliphatic rings. The number of rotatable bonds is 4. The molecule has 2 bridgehead atoms. The van der Waals surface area contributed by atoms with Crippen molar-refractivity contribution in [3.8, 4) is 17.2 Å². The Bertz CT molecular complexity index is 788. The van der Waals surface area contributed by atoms with E-state index in [-0.39, 0.29) is 0 Å². The Balaban J connectivity index is 1.35. The lowest BCUT2D eigenvalue weighted by Crippen LogP contribution is -2.46. The monoisotopic (exact) mass is 351 g/mol. The van der Waals surface area contributed by atoms with Crippen LogP contribution in [0.2, 0.25) is 0 Å². The maximum atomic E-state index is 6.22. The number of ether oxygens (including phenoxy) is 3. The zero-order valence-electron chi connectivity index (χ0n) is 15.1. The molecule has 2 fully saturated rings. The summed E-state index contributed by atoms with van der Waals surface area (Å²) in [6, 6.07) is 16.1. The van der Waals surface area contributed by atoms with Gasteiger partial charge in [-0.1, -0.05) is 29.8 Å². The summed E-state index contributed by atoms with van der Waals surface area (Å²) >= 11 is 0. The second-order valence-corrected chi connectivity index (χ2v) is 7.79. The van der Waals surface area contributed by atoms with E-state index in [1.807, 2.05) is 18.2 Å². The fourth-order valence-corrected chi connectivity index (χ4v) is 4.72. The summed E-state index contributed by atoms with van der Waals surface area (Å²) in [5.41, 5.74) is 2.77. The number of piperidine rings is 1. The van der Waals surface area contributed by atoms with Crippen LogP contribution in [-0.2, 0) is 0 Å². The van der Waals surface area contributed by atoms with Gasteiger partial charge in [-0.15, -0.1) is 0 Å². The SMILES string of the molecule is Cc1ccc([C@H]2C[C@@H]3CC[C@@H](N3)[C@H]2COc2ccc3c(c2)OCO3)cc1. The highest BCUT2D eigenvalue weighted by molar-refractivity contribution is 5.46. The van der Waals surface area contributed by atoms with Crippen molar-refractivity contribution in [3.63, 3.8) is 0 Å². The van der Waals surface area contributed by atoms with Crippen molar-refractivity contribution in [3.05, 3.63) is 53.6 Å². The van der Waals surface area contributed by atoms with Gasteiger partial charge in [0.15, 0.2) is 11.5 Å². The molecule has 0 amide bonds. The summed E-state index contributed by atoms with van der Waals surface area (Å²) in [6.07, 6.45) is 3.74. The minimum absolute atomic E-state index is 0.296. The van der Waals surface area contributed by atoms with Gasteiger partial charge in [-0.3, -0.25) is 0 Å². The minimum Gasteiger partial charge on any atom is -0.493 e. The third kappa shape index (κ3) is 2.92. The van der Waals surface area contributed by atoms with Crippen molar-refractivity contribution in [1.29, 1.82) is 0 Å². The van der Waals surface area contributed by atoms with Gasteiger partial charge in [0.05, 0.1) is 6.61 Å². The Morgan fingerprint density at radius 3 is 2.77 bits per heavy atom. The molecule has 0 aliphatic carbocycles. The fraction of sp³-hybridized carbons (Fsp3) is 0.455. The molecule has 4 nitrogen and oxygen atoms in total. The molecule has 0 spiro atoms. The first-order valence-corrected chi connectivity index (χ1v) is 9.61. The number of aryl methyl sites for hydroxylation is 1. The van der Waals surface area contributed by atoms with Crippen molar-refractivity contribution >= 4 is 0 Å². The molecule has 3 heterocycles. The zero-order valence-corrected chi connectivity index (χ0v) is 15.1. The van der Waals surface area contributed by atoms with Crippen molar-refractivity contribution in [2.24, 2.45) is 5.92 Å². The molecule has 2 saturated heterocycles. The Kier molecular flexibility index (Phi) is 4.01. The lowest BCUT2D eigenvalue weighted by Gasteiger charge is -2.38. The lowest BCUT2D eigenvalue weighted by molar-refractivity contribution is 0.158. The van der Waals surface area contributed by atoms with Crippen LogP contribution in [0.1, 0.15) is 36.3 Å². The van der Waals surface area contributed by atoms with E-state index < -0.39 is 0 Å². The van der Waals surface area contributed by atoms with Crippen molar-refractivity contribution in [1.82, 2.24) is 5.32 Å². The van der Waals surface area contributed by atoms with Gasteiger partial charge < -0.3 is 19.5 Å². The van der Waals surface area contributed by atoms with E-state index in [4.69, 9.17) is 14.2 Å². The van der Waals surface area contributed by atoms with Crippen LogP contribution in [0.15, 0.2) is 42.5 Å². The van der Waals surface area contributed by atoms with Gasteiger partial charge in [-0.25, -0.2) is 0 Å². The zero-order chi connectivity index (χ0) is 17.5. The second-order valence-electron chi connectivity index (χ2n) is 7.79. The topological polar surface area (TPSA) is 39.7 Å². The predicted molar refractivity (Wildman–Crippen MR) is 100 cm³/mol. The highest BCUT2D eigenvalue weighted by atomic mass is 16.7. The number of benzene rings is 2. The van der Waals surface area contributed by atoms with Gasteiger partial charge in [0.2, 0.25) is 6.79 Å². The largest absolute Gasteiger partial charge is 0.493 e. The van der Waals surface area contributed by atoms with E-state index in [0.29, 0.717) is 30.7 Å². The highest BCUT2D eigenvalue weighted by Gasteiger charge is 2.42. The molecule has 0 unspecified atom stereocenters. The third-order valence-electron chi connectivity index (χ3n) is 6.14. The standard InChI is InChI=1S/C22H25NO3/c1-14-2-4-15(5-3-14)18-10-16-6-8-20(23-16)19(18)12-24-17-7-9-21-22(11-17)26-13-25-21/h2-5,7,9,11,16,18-20,23H,6,8,10,12-13H2,1H3/t16-,18+,19-,20+/m0/s1. The molecule has 4 atom stereocenters. The molecule has 0 saturated carbocycles. The van der Waals surface area contributed by atoms with Crippen molar-refractivity contribution in [2.75, 3.05) is 13.4 Å². The van der Waals surface area contributed by atoms with E-state index in [1.165, 1.54) is 30.4 Å². The maximum Gasteiger partial charge on any atom is 0.231 e. The van der Waals surface area contributed by atoms with Crippen LogP contribution in [0.25, 0.3) is 0 Å². The summed E-state index contributed by atoms with van der Waals surface area (Å²) in [4.78, 5) is 0. The Labute approximate surface area is 154 Å². The Morgan fingerprint density at radius 1 is 1.04 bits per heavy atom. The molecule has 136 valence electrons. The molecule has 4 heteroatoms. The quantitative estimate of drug-likeness (QED) is 0.903. The Morgan fingerprint density at radius 2 is 1.88 bits per heavy atom. The second kappa shape index (κ2) is 6.51. The van der Waals surface area contributed by atoms with Gasteiger partial charge in [0, 0.05) is 24.1 Å². The van der Waals surface area contributed by atoms with E-state index in [1.54, 1.807) is 0 Å². The van der Waals surface area contributed by atoms with Crippen molar-refractivity contribution in [2.45, 2.75) is 44.2 Å². The van der Waals surface area contributed by atoms with E-state index in [2.05, 4.69) is 36.5 Å². The molecular formula is C22H25NO3. The Hall–Kier alpha value is -2.20. The van der Waals surface area contributed by atoms with Crippen LogP contribution in [-0.4, -0.2) is 25.5 Å². The molecule has 5 rings (SSSR count). The highest BCUT2D eigenvalue weighted by Crippen LogP contribution is 2.42. The summed E-state index contributed by atoms with van der Waals surface area (Å²) in [5, 5.41) is 3.80. The molecule has 26 heavy (non-hydrogen) atoms. The average Bonchev–Trinajstić information content (AvgIpc) is 3.28. The molecular weight excluding hydrogens is 326 g/mol. The molecule has 0 radical (unpaired) electrons. The predicted octanol–water partition coefficient (Wildman–Crippen LogP) is 4.03. The summed E-state index contributed by atoms with van der Waals surface area (Å²) in [7, 11) is 0. The van der Waals surface area contributed by atoms with Crippen LogP contribution in [0.4, 0.5) is 0 Å². The summed E-state index contributed by atoms with van der Waals surface area (Å²) in [5.74, 6) is 3.48. The number of nitrogens with one attached hydrogen (secondary N) is 1. The van der Waals surface area contributed by atoms with Crippen LogP contribution in [0.5, 0.6) is 17.2 Å². The smallest absolute Gasteiger partial charge is 0.231 e. The van der Waals surface area contributed by atoms with Crippen LogP contribution < -0.4 is 19.5 Å². The van der Waals surface area contributed by atoms with E-state index in [0.717, 1.165) is 23.9 Å². The van der Waals surface area contributed by atoms with Gasteiger partial charge in [-0.05, 0) is 49.8 Å². The average molecular weight is 351 g/mol. The lowest BCUT2D eigenvalue weighted by atomic mass is 9.77. The first-order chi connectivity index (χ1) is 12.8. The molecule has 0 aromatic heterocycles. The first kappa shape index (κ1) is 16.0. The number of hydrogen-bond acceptors (Lipinski definition) is 4. The normalized spacial score (nSPS) is 29.0. The van der Waals surface area contributed by atoms with Gasteiger partial charge in [-0.2, -0.15) is 0 Å². The molecule has 2 aromatic carbocycles. The van der Waals surface area contributed by atoms with Crippen LogP contribution in [0.3, 0.4) is 0 Å². The molecule has 3 aliphatic heterocycles. The maximum absolute atomic E-state index is 6.22. The minimum atomic E-state index is 0.296. The van der Waals surface area contributed by atoms with Crippen LogP contribution in [0, 0.1) is 12.8 Å².